The van der Waals surface area contributed by atoms with Gasteiger partial charge in [-0.25, -0.2) is 0 Å². The van der Waals surface area contributed by atoms with E-state index in [2.05, 4.69) is 69.3 Å². The summed E-state index contributed by atoms with van der Waals surface area (Å²) in [6, 6.07) is 8.83. The number of rotatable bonds is 3. The molecule has 1 aromatic carbocycles. The second-order valence-corrected chi connectivity index (χ2v) is 7.47. The maximum absolute atomic E-state index is 4.85. The fourth-order valence-electron chi connectivity index (χ4n) is 4.38. The van der Waals surface area contributed by atoms with Crippen LogP contribution in [0.1, 0.15) is 51.3 Å². The molecule has 0 aliphatic heterocycles. The average Bonchev–Trinajstić information content (AvgIpc) is 2.60. The highest BCUT2D eigenvalue weighted by molar-refractivity contribution is 6.00. The van der Waals surface area contributed by atoms with E-state index in [1.807, 2.05) is 6.20 Å². The van der Waals surface area contributed by atoms with Gasteiger partial charge < -0.3 is 0 Å². The van der Waals surface area contributed by atoms with Crippen LogP contribution in [0.3, 0.4) is 0 Å². The summed E-state index contributed by atoms with van der Waals surface area (Å²) < 4.78 is 0. The van der Waals surface area contributed by atoms with Gasteiger partial charge in [0.05, 0.1) is 5.69 Å². The molecule has 1 unspecified atom stereocenters. The van der Waals surface area contributed by atoms with Crippen molar-refractivity contribution in [3.8, 4) is 0 Å². The number of benzene rings is 1. The zero-order valence-electron chi connectivity index (χ0n) is 14.8. The SMILES string of the molecule is CCC=CCC1CC=CC2=C1c1nccc3cccc(c13)C2(C)C. The van der Waals surface area contributed by atoms with Crippen molar-refractivity contribution >= 4 is 16.3 Å². The minimum absolute atomic E-state index is 0.0362. The van der Waals surface area contributed by atoms with Crippen molar-refractivity contribution < 1.29 is 0 Å². The van der Waals surface area contributed by atoms with Crippen LogP contribution in [0.15, 0.2) is 60.3 Å². The number of nitrogens with zero attached hydrogens (tertiary/aromatic N) is 1. The lowest BCUT2D eigenvalue weighted by atomic mass is 9.65. The van der Waals surface area contributed by atoms with Crippen molar-refractivity contribution in [2.45, 2.75) is 45.4 Å². The van der Waals surface area contributed by atoms with Gasteiger partial charge in [0.1, 0.15) is 0 Å². The van der Waals surface area contributed by atoms with Crippen LogP contribution in [0.25, 0.3) is 16.3 Å². The van der Waals surface area contributed by atoms with Gasteiger partial charge in [0.2, 0.25) is 0 Å². The van der Waals surface area contributed by atoms with Gasteiger partial charge in [-0.1, -0.05) is 63.3 Å². The summed E-state index contributed by atoms with van der Waals surface area (Å²) in [5.41, 5.74) is 5.61. The van der Waals surface area contributed by atoms with E-state index in [4.69, 9.17) is 4.98 Å². The number of hydrogen-bond acceptors (Lipinski definition) is 1. The average molecular weight is 315 g/mol. The second kappa shape index (κ2) is 5.73. The predicted octanol–water partition coefficient (Wildman–Crippen LogP) is 6.21. The van der Waals surface area contributed by atoms with Crippen molar-refractivity contribution in [1.29, 1.82) is 0 Å². The molecule has 0 spiro atoms. The number of pyridine rings is 1. The fourth-order valence-corrected chi connectivity index (χ4v) is 4.38. The maximum atomic E-state index is 4.85. The van der Waals surface area contributed by atoms with Crippen LogP contribution in [-0.4, -0.2) is 4.98 Å². The molecule has 4 rings (SSSR count). The van der Waals surface area contributed by atoms with Crippen LogP contribution in [0, 0.1) is 5.92 Å². The number of allylic oxidation sites excluding steroid dienone is 6. The number of fused-ring (bicyclic) bond motifs is 1. The molecule has 2 aromatic rings. The summed E-state index contributed by atoms with van der Waals surface area (Å²) in [6.07, 6.45) is 14.6. The highest BCUT2D eigenvalue weighted by Crippen LogP contribution is 2.51. The Morgan fingerprint density at radius 2 is 2.08 bits per heavy atom. The molecule has 1 atom stereocenters. The van der Waals surface area contributed by atoms with E-state index in [1.54, 1.807) is 0 Å². The van der Waals surface area contributed by atoms with Crippen molar-refractivity contribution in [2.24, 2.45) is 5.92 Å². The Morgan fingerprint density at radius 3 is 2.92 bits per heavy atom. The number of aromatic nitrogens is 1. The first-order valence-electron chi connectivity index (χ1n) is 9.09. The summed E-state index contributed by atoms with van der Waals surface area (Å²) in [5, 5.41) is 2.68. The standard InChI is InChI=1S/C23H25N/c1-4-5-6-9-16-10-7-12-18-20(16)22-21-17(14-15-24-22)11-8-13-19(21)23(18,2)3/h5-8,11-16H,4,9-10H2,1-3H3. The Hall–Kier alpha value is -2.15. The van der Waals surface area contributed by atoms with E-state index in [0.29, 0.717) is 5.92 Å². The molecule has 0 radical (unpaired) electrons. The highest BCUT2D eigenvalue weighted by atomic mass is 14.7. The van der Waals surface area contributed by atoms with Gasteiger partial charge in [-0.2, -0.15) is 0 Å². The molecular formula is C23H25N. The molecule has 0 fully saturated rings. The molecule has 0 bridgehead atoms. The quantitative estimate of drug-likeness (QED) is 0.613. The minimum atomic E-state index is 0.0362. The fraction of sp³-hybridized carbons (Fsp3) is 0.348. The normalized spacial score (nSPS) is 21.5. The lowest BCUT2D eigenvalue weighted by Crippen LogP contribution is -2.28. The zero-order chi connectivity index (χ0) is 16.7. The highest BCUT2D eigenvalue weighted by Gasteiger charge is 2.38. The minimum Gasteiger partial charge on any atom is -0.256 e. The molecule has 122 valence electrons. The molecule has 1 aromatic heterocycles. The van der Waals surface area contributed by atoms with Crippen molar-refractivity contribution in [2.75, 3.05) is 0 Å². The maximum Gasteiger partial charge on any atom is 0.0749 e. The molecule has 2 aliphatic carbocycles. The molecule has 1 heteroatoms. The van der Waals surface area contributed by atoms with Crippen LogP contribution in [-0.2, 0) is 5.41 Å². The van der Waals surface area contributed by atoms with Crippen LogP contribution in [0.2, 0.25) is 0 Å². The van der Waals surface area contributed by atoms with E-state index in [-0.39, 0.29) is 5.41 Å². The van der Waals surface area contributed by atoms with Gasteiger partial charge >= 0.3 is 0 Å². The summed E-state index contributed by atoms with van der Waals surface area (Å²) >= 11 is 0. The van der Waals surface area contributed by atoms with Crippen LogP contribution in [0.4, 0.5) is 0 Å². The Bertz CT molecular complexity index is 875. The van der Waals surface area contributed by atoms with E-state index < -0.39 is 0 Å². The van der Waals surface area contributed by atoms with Gasteiger partial charge in [0, 0.05) is 17.0 Å². The molecule has 1 heterocycles. The first kappa shape index (κ1) is 15.4. The third kappa shape index (κ3) is 2.18. The molecule has 0 N–H and O–H groups in total. The van der Waals surface area contributed by atoms with Crippen molar-refractivity contribution in [1.82, 2.24) is 4.98 Å². The molecule has 1 nitrogen and oxygen atoms in total. The second-order valence-electron chi connectivity index (χ2n) is 7.47. The van der Waals surface area contributed by atoms with Crippen molar-refractivity contribution in [3.05, 3.63) is 71.6 Å². The lowest BCUT2D eigenvalue weighted by Gasteiger charge is -2.39. The zero-order valence-corrected chi connectivity index (χ0v) is 14.8. The van der Waals surface area contributed by atoms with E-state index in [0.717, 1.165) is 19.3 Å². The Labute approximate surface area is 144 Å². The first-order valence-corrected chi connectivity index (χ1v) is 9.09. The smallest absolute Gasteiger partial charge is 0.0749 e. The molecule has 2 aliphatic rings. The number of hydrogen-bond donors (Lipinski definition) is 0. The lowest BCUT2D eigenvalue weighted by molar-refractivity contribution is 0.602. The Balaban J connectivity index is 1.97. The van der Waals surface area contributed by atoms with Crippen LogP contribution in [0.5, 0.6) is 0 Å². The Morgan fingerprint density at radius 1 is 1.21 bits per heavy atom. The third-order valence-corrected chi connectivity index (χ3v) is 5.62. The largest absolute Gasteiger partial charge is 0.256 e. The van der Waals surface area contributed by atoms with Gasteiger partial charge in [-0.3, -0.25) is 4.98 Å². The van der Waals surface area contributed by atoms with Crippen LogP contribution >= 0.6 is 0 Å². The van der Waals surface area contributed by atoms with E-state index in [9.17, 15) is 0 Å². The van der Waals surface area contributed by atoms with E-state index in [1.165, 1.54) is 33.2 Å². The third-order valence-electron chi connectivity index (χ3n) is 5.62. The monoisotopic (exact) mass is 315 g/mol. The summed E-state index contributed by atoms with van der Waals surface area (Å²) in [5.74, 6) is 0.540. The van der Waals surface area contributed by atoms with Gasteiger partial charge in [0.15, 0.2) is 0 Å². The summed E-state index contributed by atoms with van der Waals surface area (Å²) in [4.78, 5) is 4.85. The van der Waals surface area contributed by atoms with E-state index >= 15 is 0 Å². The first-order chi connectivity index (χ1) is 11.6. The van der Waals surface area contributed by atoms with Gasteiger partial charge in [-0.05, 0) is 53.3 Å². The molecule has 0 saturated carbocycles. The molecule has 0 amide bonds. The van der Waals surface area contributed by atoms with Gasteiger partial charge in [-0.15, -0.1) is 0 Å². The molecular weight excluding hydrogens is 290 g/mol. The molecule has 24 heavy (non-hydrogen) atoms. The topological polar surface area (TPSA) is 12.9 Å². The van der Waals surface area contributed by atoms with Gasteiger partial charge in [0.25, 0.3) is 0 Å². The van der Waals surface area contributed by atoms with Crippen molar-refractivity contribution in [3.63, 3.8) is 0 Å². The molecule has 0 saturated heterocycles. The summed E-state index contributed by atoms with van der Waals surface area (Å²) in [6.45, 7) is 6.92. The van der Waals surface area contributed by atoms with Crippen LogP contribution < -0.4 is 0 Å². The Kier molecular flexibility index (Phi) is 3.68. The predicted molar refractivity (Wildman–Crippen MR) is 103 cm³/mol. The summed E-state index contributed by atoms with van der Waals surface area (Å²) in [7, 11) is 0.